The van der Waals surface area contributed by atoms with Gasteiger partial charge in [0.05, 0.1) is 34.6 Å². The number of hydrogen-bond acceptors (Lipinski definition) is 10. The van der Waals surface area contributed by atoms with Gasteiger partial charge in [-0.25, -0.2) is 26.3 Å². The van der Waals surface area contributed by atoms with Gasteiger partial charge in [0.1, 0.15) is 23.3 Å². The molecule has 6 N–H and O–H groups in total. The van der Waals surface area contributed by atoms with E-state index in [1.54, 1.807) is 29.2 Å². The standard InChI is InChI=1S/2C27H31F3N2O4/c28-21-5-3-20(4-6-21)26(35)9-13-31(14-10-26)18-24(33)27(36)11-15-32(16-12-27)25(34)8-2-19-1-7-22(29)23(30)17-19;28-21-4-2-20(3-5-21)26(35)7-11-31(12-8-26)18-24(33)27(36)9-13-32(14-10-27)25(34)6-1-19-15-22(29)17-23(30)16-19/h1-8,17,24,33,35-36H,9-16,18H2;1-6,15-17,24,33,35-36H,7-14,18H2/b8-2+;6-1+. The third kappa shape index (κ3) is 13.8. The SMILES string of the molecule is O=C(/C=C/c1cc(F)cc(F)c1)N1CCC(O)(C(O)CN2CCC(O)(c3ccc(F)cc3)CC2)CC1.O=C(/C=C/c1ccc(F)c(F)c1)N1CCC(O)(C(O)CN2CCC(O)(c3ccc(F)cc3)CC2)CC1. The highest BCUT2D eigenvalue weighted by Crippen LogP contribution is 2.36. The van der Waals surface area contributed by atoms with Crippen LogP contribution < -0.4 is 0 Å². The second-order valence-electron chi connectivity index (χ2n) is 19.6. The third-order valence-corrected chi connectivity index (χ3v) is 14.8. The average molecular weight is 1010 g/mol. The average Bonchev–Trinajstić information content (AvgIpc) is 3.35. The van der Waals surface area contributed by atoms with Crippen LogP contribution in [-0.4, -0.2) is 151 Å². The highest BCUT2D eigenvalue weighted by molar-refractivity contribution is 5.92. The Bertz CT molecular complexity index is 2520. The number of benzene rings is 4. The van der Waals surface area contributed by atoms with Crippen LogP contribution in [0.15, 0.2) is 97.1 Å². The summed E-state index contributed by atoms with van der Waals surface area (Å²) in [7, 11) is 0. The van der Waals surface area contributed by atoms with Gasteiger partial charge in [0, 0.05) is 83.7 Å². The Kier molecular flexibility index (Phi) is 17.5. The molecule has 2 unspecified atom stereocenters. The van der Waals surface area contributed by atoms with Gasteiger partial charge in [-0.05, 0) is 134 Å². The lowest BCUT2D eigenvalue weighted by molar-refractivity contribution is -0.142. The minimum absolute atomic E-state index is 0.190. The summed E-state index contributed by atoms with van der Waals surface area (Å²) < 4.78 is 79.4. The number of nitrogens with zero attached hydrogens (tertiary/aromatic N) is 4. The number of hydrogen-bond donors (Lipinski definition) is 6. The summed E-state index contributed by atoms with van der Waals surface area (Å²) in [5.74, 6) is -4.78. The van der Waals surface area contributed by atoms with Crippen LogP contribution >= 0.6 is 0 Å². The molecule has 4 fully saturated rings. The van der Waals surface area contributed by atoms with E-state index in [9.17, 15) is 66.6 Å². The van der Waals surface area contributed by atoms with Crippen molar-refractivity contribution in [1.82, 2.24) is 19.6 Å². The van der Waals surface area contributed by atoms with Crippen LogP contribution in [0.3, 0.4) is 0 Å². The Morgan fingerprint density at radius 2 is 0.833 bits per heavy atom. The summed E-state index contributed by atoms with van der Waals surface area (Å²) in [6, 6.07) is 18.0. The second kappa shape index (κ2) is 23.2. The molecule has 4 saturated heterocycles. The second-order valence-corrected chi connectivity index (χ2v) is 19.6. The summed E-state index contributed by atoms with van der Waals surface area (Å²) in [5, 5.41) is 65.6. The molecule has 0 radical (unpaired) electrons. The molecule has 0 bridgehead atoms. The fourth-order valence-corrected chi connectivity index (χ4v) is 9.87. The molecule has 8 rings (SSSR count). The van der Waals surface area contributed by atoms with Crippen molar-refractivity contribution in [2.24, 2.45) is 0 Å². The largest absolute Gasteiger partial charge is 0.389 e. The van der Waals surface area contributed by atoms with Gasteiger partial charge in [0.25, 0.3) is 0 Å². The summed E-state index contributed by atoms with van der Waals surface area (Å²) in [4.78, 5) is 32.0. The van der Waals surface area contributed by atoms with Crippen LogP contribution in [0, 0.1) is 34.9 Å². The lowest BCUT2D eigenvalue weighted by Crippen LogP contribution is -2.56. The molecule has 0 aliphatic carbocycles. The Labute approximate surface area is 414 Å². The first-order valence-corrected chi connectivity index (χ1v) is 24.2. The van der Waals surface area contributed by atoms with E-state index >= 15 is 0 Å². The quantitative estimate of drug-likeness (QED) is 0.0774. The van der Waals surface area contributed by atoms with Crippen LogP contribution in [0.4, 0.5) is 26.3 Å². The normalized spacial score (nSPS) is 21.0. The summed E-state index contributed by atoms with van der Waals surface area (Å²) in [6.45, 7) is 3.48. The molecular weight excluding hydrogens is 947 g/mol. The van der Waals surface area contributed by atoms with E-state index in [2.05, 4.69) is 0 Å². The van der Waals surface area contributed by atoms with E-state index in [0.29, 0.717) is 68.6 Å². The van der Waals surface area contributed by atoms with Crippen molar-refractivity contribution < 1.29 is 66.6 Å². The van der Waals surface area contributed by atoms with Gasteiger partial charge in [0.2, 0.25) is 11.8 Å². The zero-order chi connectivity index (χ0) is 51.8. The minimum Gasteiger partial charge on any atom is -0.389 e. The molecule has 2 amide bonds. The lowest BCUT2D eigenvalue weighted by atomic mass is 9.83. The van der Waals surface area contributed by atoms with Crippen LogP contribution in [0.2, 0.25) is 0 Å². The van der Waals surface area contributed by atoms with Crippen LogP contribution in [0.1, 0.15) is 73.6 Å². The Morgan fingerprint density at radius 1 is 0.458 bits per heavy atom. The summed E-state index contributed by atoms with van der Waals surface area (Å²) in [5.41, 5.74) is -2.87. The topological polar surface area (TPSA) is 168 Å². The van der Waals surface area contributed by atoms with E-state index in [0.717, 1.165) is 30.3 Å². The Morgan fingerprint density at radius 3 is 1.21 bits per heavy atom. The molecule has 4 aliphatic rings. The predicted octanol–water partition coefficient (Wildman–Crippen LogP) is 5.63. The van der Waals surface area contributed by atoms with Crippen molar-refractivity contribution in [2.75, 3.05) is 65.4 Å². The molecule has 388 valence electrons. The number of carbonyl (C=O) groups excluding carboxylic acids is 2. The monoisotopic (exact) mass is 1010 g/mol. The number of piperidine rings is 4. The van der Waals surface area contributed by atoms with E-state index in [4.69, 9.17) is 0 Å². The number of aliphatic hydroxyl groups excluding tert-OH is 2. The van der Waals surface area contributed by atoms with Crippen molar-refractivity contribution in [1.29, 1.82) is 0 Å². The maximum Gasteiger partial charge on any atom is 0.246 e. The molecule has 4 aromatic rings. The first-order chi connectivity index (χ1) is 34.1. The zero-order valence-corrected chi connectivity index (χ0v) is 39.8. The molecule has 12 nitrogen and oxygen atoms in total. The van der Waals surface area contributed by atoms with Gasteiger partial charge in [-0.15, -0.1) is 0 Å². The molecule has 0 aromatic heterocycles. The Balaban J connectivity index is 0.000000211. The number of halogens is 6. The maximum atomic E-state index is 13.3. The van der Waals surface area contributed by atoms with Crippen molar-refractivity contribution in [3.63, 3.8) is 0 Å². The third-order valence-electron chi connectivity index (χ3n) is 14.8. The van der Waals surface area contributed by atoms with Crippen LogP contribution in [0.5, 0.6) is 0 Å². The molecule has 4 aromatic carbocycles. The number of aliphatic hydroxyl groups is 6. The zero-order valence-electron chi connectivity index (χ0n) is 39.8. The van der Waals surface area contributed by atoms with Gasteiger partial charge in [-0.3, -0.25) is 9.59 Å². The molecular formula is C54H62F6N4O8. The van der Waals surface area contributed by atoms with Crippen LogP contribution in [-0.2, 0) is 20.8 Å². The number of rotatable bonds is 12. The van der Waals surface area contributed by atoms with Crippen molar-refractivity contribution in [3.05, 3.63) is 154 Å². The summed E-state index contributed by atoms with van der Waals surface area (Å²) >= 11 is 0. The highest BCUT2D eigenvalue weighted by atomic mass is 19.2. The van der Waals surface area contributed by atoms with Crippen molar-refractivity contribution >= 4 is 24.0 Å². The first-order valence-electron chi connectivity index (χ1n) is 24.2. The number of β-amino-alcohol motifs (C(OH)–C–C–N with tert-alkyl or cyclic N) is 2. The molecule has 0 spiro atoms. The molecule has 72 heavy (non-hydrogen) atoms. The first kappa shape index (κ1) is 54.3. The van der Waals surface area contributed by atoms with Gasteiger partial charge in [-0.1, -0.05) is 30.3 Å². The summed E-state index contributed by atoms with van der Waals surface area (Å²) in [6.07, 6.45) is 5.70. The van der Waals surface area contributed by atoms with Crippen LogP contribution in [0.25, 0.3) is 12.2 Å². The molecule has 18 heteroatoms. The highest BCUT2D eigenvalue weighted by Gasteiger charge is 2.44. The van der Waals surface area contributed by atoms with E-state index in [1.165, 1.54) is 59.5 Å². The van der Waals surface area contributed by atoms with Crippen molar-refractivity contribution in [2.45, 2.75) is 86.0 Å². The molecule has 4 heterocycles. The van der Waals surface area contributed by atoms with Gasteiger partial charge >= 0.3 is 0 Å². The van der Waals surface area contributed by atoms with Crippen molar-refractivity contribution in [3.8, 4) is 0 Å². The lowest BCUT2D eigenvalue weighted by Gasteiger charge is -2.44. The predicted molar refractivity (Wildman–Crippen MR) is 256 cm³/mol. The number of likely N-dealkylation sites (tertiary alicyclic amines) is 4. The minimum atomic E-state index is -1.35. The molecule has 0 saturated carbocycles. The van der Waals surface area contributed by atoms with E-state index < -0.39 is 57.9 Å². The van der Waals surface area contributed by atoms with Gasteiger partial charge in [-0.2, -0.15) is 0 Å². The van der Waals surface area contributed by atoms with E-state index in [1.807, 2.05) is 9.80 Å². The van der Waals surface area contributed by atoms with Gasteiger partial charge < -0.3 is 50.2 Å². The number of amides is 2. The molecule has 2 atom stereocenters. The Hall–Kier alpha value is -5.44. The van der Waals surface area contributed by atoms with Gasteiger partial charge in [0.15, 0.2) is 11.6 Å². The fourth-order valence-electron chi connectivity index (χ4n) is 9.87. The molecule has 4 aliphatic heterocycles. The smallest absolute Gasteiger partial charge is 0.246 e. The fraction of sp³-hybridized carbons (Fsp3) is 0.444. The maximum absolute atomic E-state index is 13.3. The van der Waals surface area contributed by atoms with E-state index in [-0.39, 0.29) is 94.0 Å². The number of carbonyl (C=O) groups is 2.